The largest absolute Gasteiger partial charge is 0.496 e. The first-order valence-corrected chi connectivity index (χ1v) is 10.7. The normalized spacial score (nSPS) is 10.8. The van der Waals surface area contributed by atoms with Crippen molar-refractivity contribution in [1.82, 2.24) is 25.1 Å². The fourth-order valence-electron chi connectivity index (χ4n) is 3.25. The van der Waals surface area contributed by atoms with Crippen molar-refractivity contribution in [3.63, 3.8) is 0 Å². The maximum Gasteiger partial charge on any atom is 0.261 e. The van der Waals surface area contributed by atoms with Gasteiger partial charge < -0.3 is 10.1 Å². The monoisotopic (exact) mass is 452 g/mol. The first-order chi connectivity index (χ1) is 14.9. The minimum Gasteiger partial charge on any atom is -0.496 e. The molecule has 1 amide bonds. The molecule has 2 aromatic carbocycles. The topological polar surface area (TPSA) is 93.4 Å². The molecule has 0 unspecified atom stereocenters. The number of carbonyl (C=O) groups excluding carboxylic acids is 1. The summed E-state index contributed by atoms with van der Waals surface area (Å²) >= 11 is 6.84. The van der Waals surface area contributed by atoms with Crippen molar-refractivity contribution in [2.45, 2.75) is 20.8 Å². The number of aryl methyl sites for hydroxylation is 2. The number of amides is 1. The van der Waals surface area contributed by atoms with Crippen LogP contribution >= 0.6 is 23.6 Å². The Morgan fingerprint density at radius 2 is 1.90 bits per heavy atom. The second-order valence-electron chi connectivity index (χ2n) is 6.89. The van der Waals surface area contributed by atoms with Crippen molar-refractivity contribution in [3.05, 3.63) is 58.9 Å². The second kappa shape index (κ2) is 8.40. The van der Waals surface area contributed by atoms with Gasteiger partial charge in [-0.25, -0.2) is 0 Å². The smallest absolute Gasteiger partial charge is 0.261 e. The summed E-state index contributed by atoms with van der Waals surface area (Å²) in [5, 5.41) is 19.6. The van der Waals surface area contributed by atoms with E-state index < -0.39 is 0 Å². The zero-order valence-corrected chi connectivity index (χ0v) is 19.0. The van der Waals surface area contributed by atoms with Gasteiger partial charge in [-0.2, -0.15) is 9.61 Å². The molecule has 0 fully saturated rings. The Bertz CT molecular complexity index is 1310. The van der Waals surface area contributed by atoms with Gasteiger partial charge in [-0.05, 0) is 56.2 Å². The molecule has 4 aromatic rings. The molecule has 2 aromatic heterocycles. The standard InChI is InChI=1S/C21H20N6O2S2/c1-11-7-5-9-15(17(11)29-4)18(28)23-20(30)22-16-10-6-8-14(12(16)2)19-26-27-13(3)24-25-21(27)31-19/h5-10H,1-4H3,(H2,22,23,28,30). The first kappa shape index (κ1) is 20.9. The van der Waals surface area contributed by atoms with Crippen LogP contribution in [0.1, 0.15) is 27.3 Å². The molecule has 158 valence electrons. The number of nitrogens with one attached hydrogen (secondary N) is 2. The Kier molecular flexibility index (Phi) is 5.66. The highest BCUT2D eigenvalue weighted by atomic mass is 32.1. The highest BCUT2D eigenvalue weighted by molar-refractivity contribution is 7.80. The number of benzene rings is 2. The van der Waals surface area contributed by atoms with Crippen LogP contribution < -0.4 is 15.4 Å². The number of aromatic nitrogens is 4. The van der Waals surface area contributed by atoms with Crippen LogP contribution in [0.15, 0.2) is 36.4 Å². The zero-order valence-electron chi connectivity index (χ0n) is 17.4. The van der Waals surface area contributed by atoms with Crippen molar-refractivity contribution in [2.24, 2.45) is 0 Å². The lowest BCUT2D eigenvalue weighted by molar-refractivity contribution is 0.0974. The minimum atomic E-state index is -0.337. The zero-order chi connectivity index (χ0) is 22.1. The summed E-state index contributed by atoms with van der Waals surface area (Å²) in [4.78, 5) is 13.4. The van der Waals surface area contributed by atoms with Gasteiger partial charge in [0.25, 0.3) is 5.91 Å². The molecule has 0 aliphatic heterocycles. The van der Waals surface area contributed by atoms with E-state index in [0.717, 1.165) is 38.2 Å². The number of fused-ring (bicyclic) bond motifs is 1. The highest BCUT2D eigenvalue weighted by Gasteiger charge is 2.17. The van der Waals surface area contributed by atoms with E-state index in [9.17, 15) is 4.79 Å². The van der Waals surface area contributed by atoms with Crippen molar-refractivity contribution >= 4 is 45.2 Å². The van der Waals surface area contributed by atoms with Gasteiger partial charge in [-0.1, -0.05) is 35.6 Å². The fraction of sp³-hybridized carbons (Fsp3) is 0.190. The third-order valence-electron chi connectivity index (χ3n) is 4.85. The van der Waals surface area contributed by atoms with Gasteiger partial charge in [0, 0.05) is 11.3 Å². The van der Waals surface area contributed by atoms with Crippen molar-refractivity contribution in [1.29, 1.82) is 0 Å². The molecule has 0 aliphatic rings. The summed E-state index contributed by atoms with van der Waals surface area (Å²) in [6.07, 6.45) is 0. The SMILES string of the molecule is COc1c(C)cccc1C(=O)NC(=S)Nc1cccc(-c2nn3c(C)nnc3s2)c1C. The number of hydrogen-bond donors (Lipinski definition) is 2. The molecule has 0 spiro atoms. The predicted molar refractivity (Wildman–Crippen MR) is 125 cm³/mol. The van der Waals surface area contributed by atoms with Crippen LogP contribution in [0.2, 0.25) is 0 Å². The van der Waals surface area contributed by atoms with Crippen LogP contribution in [-0.4, -0.2) is 37.9 Å². The molecule has 0 bridgehead atoms. The number of nitrogens with zero attached hydrogens (tertiary/aromatic N) is 4. The average Bonchev–Trinajstić information content (AvgIpc) is 3.31. The van der Waals surface area contributed by atoms with E-state index in [1.165, 1.54) is 18.4 Å². The summed E-state index contributed by atoms with van der Waals surface area (Å²) in [6, 6.07) is 11.2. The van der Waals surface area contributed by atoms with Crippen LogP contribution in [-0.2, 0) is 0 Å². The second-order valence-corrected chi connectivity index (χ2v) is 8.26. The van der Waals surface area contributed by atoms with Gasteiger partial charge >= 0.3 is 0 Å². The van der Waals surface area contributed by atoms with E-state index in [0.29, 0.717) is 11.3 Å². The van der Waals surface area contributed by atoms with Gasteiger partial charge in [0.2, 0.25) is 4.96 Å². The van der Waals surface area contributed by atoms with Crippen molar-refractivity contribution < 1.29 is 9.53 Å². The van der Waals surface area contributed by atoms with Crippen LogP contribution in [0.25, 0.3) is 15.5 Å². The lowest BCUT2D eigenvalue weighted by atomic mass is 10.1. The lowest BCUT2D eigenvalue weighted by Crippen LogP contribution is -2.34. The first-order valence-electron chi connectivity index (χ1n) is 9.43. The Morgan fingerprint density at radius 3 is 2.65 bits per heavy atom. The maximum absolute atomic E-state index is 12.7. The molecular weight excluding hydrogens is 432 g/mol. The van der Waals surface area contributed by atoms with Crippen LogP contribution in [0.5, 0.6) is 5.75 Å². The van der Waals surface area contributed by atoms with Gasteiger partial charge in [0.1, 0.15) is 10.8 Å². The fourth-order valence-corrected chi connectivity index (χ4v) is 4.42. The van der Waals surface area contributed by atoms with E-state index in [4.69, 9.17) is 17.0 Å². The molecule has 10 heteroatoms. The Hall–Kier alpha value is -3.37. The molecule has 4 rings (SSSR count). The number of anilines is 1. The summed E-state index contributed by atoms with van der Waals surface area (Å²) in [7, 11) is 1.54. The van der Waals surface area contributed by atoms with E-state index in [2.05, 4.69) is 25.9 Å². The van der Waals surface area contributed by atoms with E-state index in [-0.39, 0.29) is 11.0 Å². The summed E-state index contributed by atoms with van der Waals surface area (Å²) in [5.74, 6) is 0.926. The predicted octanol–water partition coefficient (Wildman–Crippen LogP) is 3.91. The molecular formula is C21H20N6O2S2. The van der Waals surface area contributed by atoms with Crippen LogP contribution in [0, 0.1) is 20.8 Å². The number of rotatable bonds is 4. The molecule has 0 saturated carbocycles. The van der Waals surface area contributed by atoms with Crippen molar-refractivity contribution in [2.75, 3.05) is 12.4 Å². The summed E-state index contributed by atoms with van der Waals surface area (Å²) < 4.78 is 7.09. The van der Waals surface area contributed by atoms with Gasteiger partial charge in [0.05, 0.1) is 12.7 Å². The van der Waals surface area contributed by atoms with Gasteiger partial charge in [-0.15, -0.1) is 10.2 Å². The average molecular weight is 453 g/mol. The number of hydrogen-bond acceptors (Lipinski definition) is 7. The quantitative estimate of drug-likeness (QED) is 0.453. The number of thiocarbonyl (C=S) groups is 1. The number of carbonyl (C=O) groups is 1. The van der Waals surface area contributed by atoms with E-state index in [1.807, 2.05) is 45.0 Å². The number of para-hydroxylation sites is 1. The molecule has 0 radical (unpaired) electrons. The summed E-state index contributed by atoms with van der Waals surface area (Å²) in [5.41, 5.74) is 3.98. The molecule has 0 saturated heterocycles. The van der Waals surface area contributed by atoms with Crippen LogP contribution in [0.4, 0.5) is 5.69 Å². The highest BCUT2D eigenvalue weighted by Crippen LogP contribution is 2.31. The van der Waals surface area contributed by atoms with Crippen LogP contribution in [0.3, 0.4) is 0 Å². The Morgan fingerprint density at radius 1 is 1.13 bits per heavy atom. The lowest BCUT2D eigenvalue weighted by Gasteiger charge is -2.15. The third-order valence-corrected chi connectivity index (χ3v) is 5.98. The van der Waals surface area contributed by atoms with Gasteiger partial charge in [0.15, 0.2) is 10.9 Å². The third kappa shape index (κ3) is 3.99. The molecule has 0 atom stereocenters. The number of ether oxygens (including phenoxy) is 1. The molecule has 2 heterocycles. The summed E-state index contributed by atoms with van der Waals surface area (Å²) in [6.45, 7) is 5.72. The minimum absolute atomic E-state index is 0.197. The molecule has 31 heavy (non-hydrogen) atoms. The Labute approximate surface area is 188 Å². The van der Waals surface area contributed by atoms with Crippen molar-refractivity contribution in [3.8, 4) is 16.3 Å². The Balaban J connectivity index is 1.54. The van der Waals surface area contributed by atoms with Gasteiger partial charge in [-0.3, -0.25) is 10.1 Å². The van der Waals surface area contributed by atoms with E-state index >= 15 is 0 Å². The molecule has 8 nitrogen and oxygen atoms in total. The molecule has 0 aliphatic carbocycles. The van der Waals surface area contributed by atoms with E-state index in [1.54, 1.807) is 16.6 Å². The maximum atomic E-state index is 12.7. The molecule has 2 N–H and O–H groups in total. The number of methoxy groups -OCH3 is 1.